The molecule has 0 amide bonds. The fraction of sp³-hybridized carbons (Fsp3) is 0.455. The molecule has 0 unspecified atom stereocenters. The van der Waals surface area contributed by atoms with E-state index in [-0.39, 0.29) is 10.8 Å². The summed E-state index contributed by atoms with van der Waals surface area (Å²) < 4.78 is 15.7. The summed E-state index contributed by atoms with van der Waals surface area (Å²) in [5, 5.41) is 0. The Morgan fingerprint density at radius 2 is 0.821 bits per heavy atom. The number of benzene rings is 2. The maximum atomic E-state index is 5.97. The minimum absolute atomic E-state index is 0.0739. The van der Waals surface area contributed by atoms with Gasteiger partial charge in [0.2, 0.25) is 0 Å². The standard InChI is InChI=1S/C22H26Br4O2/c1-21(2,3)13-9-15(23)19(16(24)10-13)27-7-8-28-20-17(25)11-14(12-18(20)26)22(4,5)6/h9-12H,7-8H2,1-6H3. The van der Waals surface area contributed by atoms with Crippen molar-refractivity contribution in [1.82, 2.24) is 0 Å². The highest BCUT2D eigenvalue weighted by Gasteiger charge is 2.19. The minimum atomic E-state index is 0.0739. The highest BCUT2D eigenvalue weighted by atomic mass is 79.9. The zero-order valence-corrected chi connectivity index (χ0v) is 23.4. The number of rotatable bonds is 5. The van der Waals surface area contributed by atoms with Crippen LogP contribution < -0.4 is 9.47 Å². The minimum Gasteiger partial charge on any atom is -0.488 e. The maximum Gasteiger partial charge on any atom is 0.147 e. The van der Waals surface area contributed by atoms with Crippen molar-refractivity contribution < 1.29 is 9.47 Å². The van der Waals surface area contributed by atoms with E-state index in [2.05, 4.69) is 130 Å². The third-order valence-electron chi connectivity index (χ3n) is 4.30. The van der Waals surface area contributed by atoms with Crippen LogP contribution in [0.3, 0.4) is 0 Å². The quantitative estimate of drug-likeness (QED) is 0.304. The van der Waals surface area contributed by atoms with Gasteiger partial charge in [0.05, 0.1) is 17.9 Å². The van der Waals surface area contributed by atoms with Gasteiger partial charge >= 0.3 is 0 Å². The van der Waals surface area contributed by atoms with Crippen LogP contribution in [0.2, 0.25) is 0 Å². The van der Waals surface area contributed by atoms with Gasteiger partial charge in [0.15, 0.2) is 0 Å². The van der Waals surface area contributed by atoms with E-state index >= 15 is 0 Å². The van der Waals surface area contributed by atoms with E-state index in [1.165, 1.54) is 11.1 Å². The Labute approximate surface area is 202 Å². The zero-order valence-electron chi connectivity index (χ0n) is 17.1. The second-order valence-electron chi connectivity index (χ2n) is 8.73. The second kappa shape index (κ2) is 9.40. The fourth-order valence-corrected chi connectivity index (χ4v) is 5.38. The molecule has 0 aliphatic carbocycles. The van der Waals surface area contributed by atoms with Gasteiger partial charge in [-0.15, -0.1) is 0 Å². The van der Waals surface area contributed by atoms with E-state index in [1.54, 1.807) is 0 Å². The summed E-state index contributed by atoms with van der Waals surface area (Å²) in [7, 11) is 0. The van der Waals surface area contributed by atoms with Crippen LogP contribution in [-0.2, 0) is 10.8 Å². The Morgan fingerprint density at radius 3 is 1.04 bits per heavy atom. The van der Waals surface area contributed by atoms with Crippen LogP contribution in [0.5, 0.6) is 11.5 Å². The van der Waals surface area contributed by atoms with E-state index in [0.717, 1.165) is 29.4 Å². The number of hydrogen-bond donors (Lipinski definition) is 0. The lowest BCUT2D eigenvalue weighted by atomic mass is 9.87. The molecule has 0 atom stereocenters. The molecule has 0 bridgehead atoms. The van der Waals surface area contributed by atoms with Gasteiger partial charge in [-0.1, -0.05) is 41.5 Å². The molecule has 0 heterocycles. The van der Waals surface area contributed by atoms with Gasteiger partial charge in [0.1, 0.15) is 24.7 Å². The average Bonchev–Trinajstić information content (AvgIpc) is 2.53. The zero-order chi connectivity index (χ0) is 21.3. The van der Waals surface area contributed by atoms with Crippen molar-refractivity contribution in [3.05, 3.63) is 53.3 Å². The van der Waals surface area contributed by atoms with Gasteiger partial charge in [-0.3, -0.25) is 0 Å². The highest BCUT2D eigenvalue weighted by Crippen LogP contribution is 2.39. The van der Waals surface area contributed by atoms with E-state index in [4.69, 9.17) is 9.47 Å². The Kier molecular flexibility index (Phi) is 8.14. The maximum absolute atomic E-state index is 5.97. The molecule has 0 aliphatic rings. The average molecular weight is 642 g/mol. The van der Waals surface area contributed by atoms with Crippen molar-refractivity contribution in [2.45, 2.75) is 52.4 Å². The van der Waals surface area contributed by atoms with Crippen LogP contribution in [0.25, 0.3) is 0 Å². The third kappa shape index (κ3) is 6.23. The van der Waals surface area contributed by atoms with E-state index in [9.17, 15) is 0 Å². The number of halogens is 4. The van der Waals surface area contributed by atoms with Crippen molar-refractivity contribution in [1.29, 1.82) is 0 Å². The van der Waals surface area contributed by atoms with E-state index in [1.807, 2.05) is 0 Å². The van der Waals surface area contributed by atoms with Crippen molar-refractivity contribution in [3.8, 4) is 11.5 Å². The molecule has 0 aliphatic heterocycles. The summed E-state index contributed by atoms with van der Waals surface area (Å²) in [6.07, 6.45) is 0. The Hall–Kier alpha value is -0.0400. The third-order valence-corrected chi connectivity index (χ3v) is 6.66. The van der Waals surface area contributed by atoms with Crippen LogP contribution in [-0.4, -0.2) is 13.2 Å². The van der Waals surface area contributed by atoms with Crippen molar-refractivity contribution in [3.63, 3.8) is 0 Å². The van der Waals surface area contributed by atoms with Crippen LogP contribution in [0.4, 0.5) is 0 Å². The first-order chi connectivity index (χ1) is 12.8. The van der Waals surface area contributed by atoms with Gasteiger partial charge < -0.3 is 9.47 Å². The van der Waals surface area contributed by atoms with Crippen molar-refractivity contribution in [2.75, 3.05) is 13.2 Å². The first kappa shape index (κ1) is 24.2. The molecule has 0 radical (unpaired) electrons. The molecule has 0 N–H and O–H groups in total. The molecule has 0 fully saturated rings. The topological polar surface area (TPSA) is 18.5 Å². The van der Waals surface area contributed by atoms with Gasteiger partial charge in [0, 0.05) is 0 Å². The monoisotopic (exact) mass is 638 g/mol. The van der Waals surface area contributed by atoms with E-state index in [0.29, 0.717) is 13.2 Å². The largest absolute Gasteiger partial charge is 0.488 e. The first-order valence-corrected chi connectivity index (χ1v) is 12.2. The van der Waals surface area contributed by atoms with Crippen LogP contribution >= 0.6 is 63.7 Å². The van der Waals surface area contributed by atoms with Crippen LogP contribution in [0.15, 0.2) is 42.2 Å². The lowest BCUT2D eigenvalue weighted by Gasteiger charge is -2.22. The summed E-state index contributed by atoms with van der Waals surface area (Å²) >= 11 is 14.5. The van der Waals surface area contributed by atoms with E-state index < -0.39 is 0 Å². The molecular weight excluding hydrogens is 616 g/mol. The molecule has 154 valence electrons. The summed E-state index contributed by atoms with van der Waals surface area (Å²) in [6, 6.07) is 8.44. The smallest absolute Gasteiger partial charge is 0.147 e. The molecule has 0 saturated heterocycles. The predicted octanol–water partition coefficient (Wildman–Crippen LogP) is 8.79. The number of hydrogen-bond acceptors (Lipinski definition) is 2. The van der Waals surface area contributed by atoms with Gasteiger partial charge in [-0.05, 0) is 110 Å². The van der Waals surface area contributed by atoms with Crippen molar-refractivity contribution >= 4 is 63.7 Å². The highest BCUT2D eigenvalue weighted by molar-refractivity contribution is 9.11. The summed E-state index contributed by atoms with van der Waals surface area (Å²) in [5.41, 5.74) is 2.62. The second-order valence-corrected chi connectivity index (χ2v) is 12.2. The Balaban J connectivity index is 2.04. The summed E-state index contributed by atoms with van der Waals surface area (Å²) in [5.74, 6) is 1.58. The first-order valence-electron chi connectivity index (χ1n) is 9.05. The molecule has 2 rings (SSSR count). The Bertz CT molecular complexity index is 731. The molecule has 2 nitrogen and oxygen atoms in total. The molecule has 2 aromatic rings. The van der Waals surface area contributed by atoms with Crippen LogP contribution in [0.1, 0.15) is 52.7 Å². The van der Waals surface area contributed by atoms with Gasteiger partial charge in [0.25, 0.3) is 0 Å². The van der Waals surface area contributed by atoms with Gasteiger partial charge in [-0.25, -0.2) is 0 Å². The Morgan fingerprint density at radius 1 is 0.571 bits per heavy atom. The van der Waals surface area contributed by atoms with Crippen molar-refractivity contribution in [2.24, 2.45) is 0 Å². The lowest BCUT2D eigenvalue weighted by Crippen LogP contribution is -2.14. The lowest BCUT2D eigenvalue weighted by molar-refractivity contribution is 0.213. The molecule has 0 saturated carbocycles. The van der Waals surface area contributed by atoms with Gasteiger partial charge in [-0.2, -0.15) is 0 Å². The predicted molar refractivity (Wildman–Crippen MR) is 132 cm³/mol. The fourth-order valence-electron chi connectivity index (χ4n) is 2.55. The summed E-state index contributed by atoms with van der Waals surface area (Å²) in [6.45, 7) is 14.0. The molecule has 28 heavy (non-hydrogen) atoms. The number of ether oxygens (including phenoxy) is 2. The molecular formula is C22H26Br4O2. The molecule has 6 heteroatoms. The molecule has 0 spiro atoms. The molecule has 2 aromatic carbocycles. The van der Waals surface area contributed by atoms with Crippen LogP contribution in [0, 0.1) is 0 Å². The molecule has 0 aromatic heterocycles. The summed E-state index contributed by atoms with van der Waals surface area (Å²) in [4.78, 5) is 0. The SMILES string of the molecule is CC(C)(C)c1cc(Br)c(OCCOc2c(Br)cc(C(C)(C)C)cc2Br)c(Br)c1. The normalized spacial score (nSPS) is 12.2.